The van der Waals surface area contributed by atoms with E-state index in [0.29, 0.717) is 11.6 Å². The highest BCUT2D eigenvalue weighted by Crippen LogP contribution is 2.18. The van der Waals surface area contributed by atoms with Crippen molar-refractivity contribution in [2.45, 2.75) is 26.2 Å². The predicted molar refractivity (Wildman–Crippen MR) is 73.5 cm³/mol. The Balaban J connectivity index is 2.62. The lowest BCUT2D eigenvalue weighted by atomic mass is 10.0. The highest BCUT2D eigenvalue weighted by Gasteiger charge is 2.08. The third-order valence-electron chi connectivity index (χ3n) is 2.54. The van der Waals surface area contributed by atoms with Crippen LogP contribution in [0.25, 0.3) is 0 Å². The van der Waals surface area contributed by atoms with Crippen LogP contribution in [0.15, 0.2) is 24.3 Å². The number of sulfone groups is 1. The molecule has 0 unspecified atom stereocenters. The van der Waals surface area contributed by atoms with Gasteiger partial charge in [0.1, 0.15) is 9.84 Å². The summed E-state index contributed by atoms with van der Waals surface area (Å²) < 4.78 is 21.9. The third kappa shape index (κ3) is 5.31. The number of hydrogen-bond acceptors (Lipinski definition) is 3. The van der Waals surface area contributed by atoms with E-state index >= 15 is 0 Å². The van der Waals surface area contributed by atoms with Gasteiger partial charge >= 0.3 is 0 Å². The SMILES string of the molecule is CC(C)c1cccc(NC(=O)CCS(C)(=O)=O)c1. The summed E-state index contributed by atoms with van der Waals surface area (Å²) in [5.74, 6) is -0.0119. The molecule has 18 heavy (non-hydrogen) atoms. The van der Waals surface area contributed by atoms with Crippen molar-refractivity contribution in [2.24, 2.45) is 0 Å². The molecule has 1 amide bonds. The number of nitrogens with one attached hydrogen (secondary N) is 1. The van der Waals surface area contributed by atoms with Gasteiger partial charge in [-0.05, 0) is 23.6 Å². The van der Waals surface area contributed by atoms with Crippen LogP contribution >= 0.6 is 0 Å². The van der Waals surface area contributed by atoms with Gasteiger partial charge in [0.25, 0.3) is 0 Å². The summed E-state index contributed by atoms with van der Waals surface area (Å²) in [6.45, 7) is 4.15. The average molecular weight is 269 g/mol. The average Bonchev–Trinajstić information content (AvgIpc) is 2.26. The Bertz CT molecular complexity index is 521. The molecule has 1 N–H and O–H groups in total. The van der Waals surface area contributed by atoms with Crippen molar-refractivity contribution < 1.29 is 13.2 Å². The molecule has 1 rings (SSSR count). The van der Waals surface area contributed by atoms with E-state index in [1.807, 2.05) is 18.2 Å². The van der Waals surface area contributed by atoms with Crippen LogP contribution in [0.4, 0.5) is 5.69 Å². The molecule has 0 saturated heterocycles. The van der Waals surface area contributed by atoms with Crippen LogP contribution in [-0.4, -0.2) is 26.3 Å². The second-order valence-electron chi connectivity index (χ2n) is 4.71. The summed E-state index contributed by atoms with van der Waals surface area (Å²) in [7, 11) is -3.09. The molecule has 0 aliphatic rings. The van der Waals surface area contributed by atoms with Gasteiger partial charge in [-0.1, -0.05) is 26.0 Å². The molecule has 4 nitrogen and oxygen atoms in total. The third-order valence-corrected chi connectivity index (χ3v) is 3.48. The van der Waals surface area contributed by atoms with Crippen LogP contribution in [0.3, 0.4) is 0 Å². The quantitative estimate of drug-likeness (QED) is 0.891. The van der Waals surface area contributed by atoms with Crippen molar-refractivity contribution in [1.29, 1.82) is 0 Å². The van der Waals surface area contributed by atoms with E-state index in [1.165, 1.54) is 0 Å². The van der Waals surface area contributed by atoms with Crippen molar-refractivity contribution >= 4 is 21.4 Å². The summed E-state index contributed by atoms with van der Waals surface area (Å²) in [4.78, 5) is 11.6. The first-order valence-electron chi connectivity index (χ1n) is 5.85. The second kappa shape index (κ2) is 6.00. The summed E-state index contributed by atoms with van der Waals surface area (Å²) >= 11 is 0. The topological polar surface area (TPSA) is 63.2 Å². The molecule has 0 aliphatic carbocycles. The molecule has 0 aromatic heterocycles. The van der Waals surface area contributed by atoms with Gasteiger partial charge in [0, 0.05) is 18.4 Å². The molecule has 100 valence electrons. The van der Waals surface area contributed by atoms with Crippen LogP contribution in [0.1, 0.15) is 31.7 Å². The van der Waals surface area contributed by atoms with Gasteiger partial charge in [0.05, 0.1) is 5.75 Å². The van der Waals surface area contributed by atoms with E-state index in [-0.39, 0.29) is 18.1 Å². The minimum absolute atomic E-state index is 0.00919. The summed E-state index contributed by atoms with van der Waals surface area (Å²) in [5.41, 5.74) is 1.84. The van der Waals surface area contributed by atoms with Gasteiger partial charge in [-0.2, -0.15) is 0 Å². The number of anilines is 1. The molecule has 0 saturated carbocycles. The number of benzene rings is 1. The maximum Gasteiger partial charge on any atom is 0.225 e. The lowest BCUT2D eigenvalue weighted by Gasteiger charge is -2.09. The standard InChI is InChI=1S/C13H19NO3S/c1-10(2)11-5-4-6-12(9-11)14-13(15)7-8-18(3,16)17/h4-6,9-10H,7-8H2,1-3H3,(H,14,15). The summed E-state index contributed by atoms with van der Waals surface area (Å²) in [6.07, 6.45) is 1.12. The zero-order chi connectivity index (χ0) is 13.8. The number of rotatable bonds is 5. The first-order chi connectivity index (χ1) is 8.28. The maximum atomic E-state index is 11.6. The number of hydrogen-bond donors (Lipinski definition) is 1. The first-order valence-corrected chi connectivity index (χ1v) is 7.91. The number of carbonyl (C=O) groups excluding carboxylic acids is 1. The van der Waals surface area contributed by atoms with Crippen molar-refractivity contribution in [3.8, 4) is 0 Å². The van der Waals surface area contributed by atoms with E-state index in [1.54, 1.807) is 6.07 Å². The summed E-state index contributed by atoms with van der Waals surface area (Å²) in [5, 5.41) is 2.71. The smallest absolute Gasteiger partial charge is 0.225 e. The molecule has 0 aliphatic heterocycles. The van der Waals surface area contributed by atoms with E-state index < -0.39 is 9.84 Å². The maximum absolute atomic E-state index is 11.6. The molecule has 0 atom stereocenters. The fraction of sp³-hybridized carbons (Fsp3) is 0.462. The molecule has 1 aromatic carbocycles. The highest BCUT2D eigenvalue weighted by molar-refractivity contribution is 7.90. The number of carbonyl (C=O) groups is 1. The fourth-order valence-corrected chi connectivity index (χ4v) is 2.03. The van der Waals surface area contributed by atoms with Crippen LogP contribution in [0.2, 0.25) is 0 Å². The van der Waals surface area contributed by atoms with Crippen molar-refractivity contribution in [3.05, 3.63) is 29.8 Å². The van der Waals surface area contributed by atoms with Crippen molar-refractivity contribution in [2.75, 3.05) is 17.3 Å². The Hall–Kier alpha value is -1.36. The normalized spacial score (nSPS) is 11.6. The molecule has 0 fully saturated rings. The predicted octanol–water partition coefficient (Wildman–Crippen LogP) is 2.18. The monoisotopic (exact) mass is 269 g/mol. The first kappa shape index (κ1) is 14.7. The van der Waals surface area contributed by atoms with Gasteiger partial charge in [0.15, 0.2) is 0 Å². The van der Waals surface area contributed by atoms with E-state index in [2.05, 4.69) is 19.2 Å². The lowest BCUT2D eigenvalue weighted by molar-refractivity contribution is -0.115. The summed E-state index contributed by atoms with van der Waals surface area (Å²) in [6, 6.07) is 7.57. The Morgan fingerprint density at radius 2 is 2.00 bits per heavy atom. The Morgan fingerprint density at radius 1 is 1.33 bits per heavy atom. The molecule has 0 radical (unpaired) electrons. The van der Waals surface area contributed by atoms with Gasteiger partial charge in [-0.3, -0.25) is 4.79 Å². The van der Waals surface area contributed by atoms with Gasteiger partial charge in [-0.25, -0.2) is 8.42 Å². The van der Waals surface area contributed by atoms with Crippen LogP contribution in [0, 0.1) is 0 Å². The molecule has 5 heteroatoms. The zero-order valence-electron chi connectivity index (χ0n) is 10.9. The Kier molecular flexibility index (Phi) is 4.90. The van der Waals surface area contributed by atoms with Crippen molar-refractivity contribution in [1.82, 2.24) is 0 Å². The molecule has 0 heterocycles. The van der Waals surface area contributed by atoms with Gasteiger partial charge in [0.2, 0.25) is 5.91 Å². The lowest BCUT2D eigenvalue weighted by Crippen LogP contribution is -2.16. The molecule has 0 bridgehead atoms. The Morgan fingerprint density at radius 3 is 2.56 bits per heavy atom. The Labute approximate surface area is 108 Å². The second-order valence-corrected chi connectivity index (χ2v) is 6.97. The number of amides is 1. The van der Waals surface area contributed by atoms with E-state index in [9.17, 15) is 13.2 Å². The molecule has 1 aromatic rings. The van der Waals surface area contributed by atoms with Crippen LogP contribution < -0.4 is 5.32 Å². The van der Waals surface area contributed by atoms with Gasteiger partial charge < -0.3 is 5.32 Å². The van der Waals surface area contributed by atoms with E-state index in [4.69, 9.17) is 0 Å². The molecular weight excluding hydrogens is 250 g/mol. The van der Waals surface area contributed by atoms with Crippen LogP contribution in [-0.2, 0) is 14.6 Å². The molecule has 0 spiro atoms. The zero-order valence-corrected chi connectivity index (χ0v) is 11.8. The minimum Gasteiger partial charge on any atom is -0.326 e. The largest absolute Gasteiger partial charge is 0.326 e. The minimum atomic E-state index is -3.09. The highest BCUT2D eigenvalue weighted by atomic mass is 32.2. The van der Waals surface area contributed by atoms with Gasteiger partial charge in [-0.15, -0.1) is 0 Å². The van der Waals surface area contributed by atoms with E-state index in [0.717, 1.165) is 11.8 Å². The fourth-order valence-electron chi connectivity index (χ4n) is 1.48. The van der Waals surface area contributed by atoms with Crippen molar-refractivity contribution in [3.63, 3.8) is 0 Å². The molecular formula is C13H19NO3S. The van der Waals surface area contributed by atoms with Crippen LogP contribution in [0.5, 0.6) is 0 Å².